The van der Waals surface area contributed by atoms with Crippen molar-refractivity contribution < 1.29 is 48.1 Å². The van der Waals surface area contributed by atoms with Crippen LogP contribution in [-0.4, -0.2) is 136 Å². The lowest BCUT2D eigenvalue weighted by atomic mass is 9.96. The molecule has 1 heterocycles. The van der Waals surface area contributed by atoms with Crippen LogP contribution < -0.4 is 21.1 Å². The summed E-state index contributed by atoms with van der Waals surface area (Å²) >= 11 is 0. The molecule has 0 aliphatic carbocycles. The monoisotopic (exact) mass is 1000 g/mol. The highest BCUT2D eigenvalue weighted by Gasteiger charge is 2.39. The molecule has 396 valence electrons. The Morgan fingerprint density at radius 3 is 1.75 bits per heavy atom. The summed E-state index contributed by atoms with van der Waals surface area (Å²) < 4.78 is 12.9. The van der Waals surface area contributed by atoms with E-state index < -0.39 is 83.8 Å². The normalized spacial score (nSPS) is 14.4. The third kappa shape index (κ3) is 16.8. The van der Waals surface area contributed by atoms with Crippen LogP contribution in [0.4, 0.5) is 0 Å². The van der Waals surface area contributed by atoms with E-state index in [0.29, 0.717) is 30.7 Å². The van der Waals surface area contributed by atoms with Crippen LogP contribution in [0.1, 0.15) is 112 Å². The highest BCUT2D eigenvalue weighted by molar-refractivity contribution is 5.97. The predicted molar refractivity (Wildman–Crippen MR) is 275 cm³/mol. The van der Waals surface area contributed by atoms with E-state index in [1.807, 2.05) is 121 Å². The average Bonchev–Trinajstić information content (AvgIpc) is 3.67. The summed E-state index contributed by atoms with van der Waals surface area (Å²) in [5.41, 5.74) is 8.79. The van der Waals surface area contributed by atoms with E-state index in [9.17, 15) is 29.1 Å². The first-order valence-corrected chi connectivity index (χ1v) is 25.0. The lowest BCUT2D eigenvalue weighted by molar-refractivity contribution is -0.169. The molecule has 1 aromatic heterocycles. The molecule has 0 aliphatic heterocycles. The molecule has 0 saturated carbocycles. The van der Waals surface area contributed by atoms with Gasteiger partial charge in [0.15, 0.2) is 6.10 Å². The number of rotatable bonds is 28. The molecule has 0 bridgehead atoms. The minimum absolute atomic E-state index is 0.0114. The fourth-order valence-electron chi connectivity index (χ4n) is 8.74. The zero-order valence-corrected chi connectivity index (χ0v) is 44.6. The molecular weight excluding hydrogens is 921 g/mol. The van der Waals surface area contributed by atoms with Crippen molar-refractivity contribution in [1.82, 2.24) is 29.9 Å². The number of nitrogens with one attached hydrogen (secondary N) is 2. The third-order valence-corrected chi connectivity index (χ3v) is 12.8. The van der Waals surface area contributed by atoms with Crippen molar-refractivity contribution >= 4 is 52.4 Å². The number of carbonyl (C=O) groups is 7. The molecule has 18 heteroatoms. The molecule has 3 aromatic rings. The number of aromatic nitrogens is 1. The molecule has 0 saturated heterocycles. The second-order valence-electron chi connectivity index (χ2n) is 20.6. The Kier molecular flexibility index (Phi) is 23.2. The van der Waals surface area contributed by atoms with Crippen molar-refractivity contribution in [2.24, 2.45) is 29.4 Å². The Hall–Kier alpha value is -6.48. The van der Waals surface area contributed by atoms with Crippen molar-refractivity contribution in [2.75, 3.05) is 28.3 Å². The third-order valence-electron chi connectivity index (χ3n) is 12.8. The van der Waals surface area contributed by atoms with Gasteiger partial charge in [-0.25, -0.2) is 9.59 Å². The Morgan fingerprint density at radius 2 is 1.21 bits per heavy atom. The van der Waals surface area contributed by atoms with Crippen molar-refractivity contribution in [3.63, 3.8) is 0 Å². The number of carbonyl (C=O) groups excluding carboxylic acids is 6. The summed E-state index contributed by atoms with van der Waals surface area (Å²) in [5, 5.41) is 25.3. The van der Waals surface area contributed by atoms with Crippen LogP contribution in [0, 0.1) is 35.0 Å². The molecule has 7 atom stereocenters. The maximum absolute atomic E-state index is 15.1. The fraction of sp³-hybridized carbons (Fsp3) is 0.593. The lowest BCUT2D eigenvalue weighted by Gasteiger charge is -2.35. The molecule has 0 radical (unpaired) electrons. The van der Waals surface area contributed by atoms with Gasteiger partial charge in [0.1, 0.15) is 36.0 Å². The van der Waals surface area contributed by atoms with Gasteiger partial charge in [-0.05, 0) is 74.0 Å². The quantitative estimate of drug-likeness (QED) is 0.0657. The smallest absolute Gasteiger partial charge is 0.345 e. The predicted octanol–water partition coefficient (Wildman–Crippen LogP) is 5.52. The molecule has 5 amide bonds. The van der Waals surface area contributed by atoms with E-state index in [-0.39, 0.29) is 55.8 Å². The van der Waals surface area contributed by atoms with Gasteiger partial charge in [-0.2, -0.15) is 5.26 Å². The van der Waals surface area contributed by atoms with Crippen LogP contribution >= 0.6 is 0 Å². The number of benzene rings is 2. The van der Waals surface area contributed by atoms with Gasteiger partial charge in [-0.15, -0.1) is 0 Å². The van der Waals surface area contributed by atoms with Gasteiger partial charge in [-0.1, -0.05) is 91.8 Å². The molecular formula is C54H80N8O10. The first-order chi connectivity index (χ1) is 33.8. The summed E-state index contributed by atoms with van der Waals surface area (Å²) in [7, 11) is 5.98. The van der Waals surface area contributed by atoms with Gasteiger partial charge >= 0.3 is 11.9 Å². The van der Waals surface area contributed by atoms with E-state index in [1.165, 1.54) is 30.8 Å². The van der Waals surface area contributed by atoms with Crippen LogP contribution in [0.2, 0.25) is 0 Å². The number of amides is 5. The minimum Gasteiger partial charge on any atom is -0.496 e. The Morgan fingerprint density at radius 1 is 0.694 bits per heavy atom. The minimum atomic E-state index is -1.61. The summed E-state index contributed by atoms with van der Waals surface area (Å²) in [6.07, 6.45) is 0.892. The summed E-state index contributed by atoms with van der Waals surface area (Å²) in [4.78, 5) is 102. The molecule has 72 heavy (non-hydrogen) atoms. The number of hydrogen-bond donors (Lipinski definition) is 4. The molecule has 3 rings (SSSR count). The average molecular weight is 1000 g/mol. The van der Waals surface area contributed by atoms with E-state index in [0.717, 1.165) is 21.4 Å². The van der Waals surface area contributed by atoms with Gasteiger partial charge in [0.25, 0.3) is 0 Å². The van der Waals surface area contributed by atoms with Crippen LogP contribution in [0.3, 0.4) is 0 Å². The molecule has 2 aromatic carbocycles. The zero-order valence-electron chi connectivity index (χ0n) is 44.6. The zero-order chi connectivity index (χ0) is 54.1. The number of methoxy groups -OCH3 is 1. The van der Waals surface area contributed by atoms with Gasteiger partial charge in [0, 0.05) is 63.1 Å². The molecule has 0 aliphatic rings. The largest absolute Gasteiger partial charge is 0.496 e. The second-order valence-corrected chi connectivity index (χ2v) is 20.6. The van der Waals surface area contributed by atoms with E-state index in [4.69, 9.17) is 20.5 Å². The van der Waals surface area contributed by atoms with Crippen molar-refractivity contribution in [2.45, 2.75) is 156 Å². The number of nitrogens with two attached hydrogens (primary N) is 1. The molecule has 5 N–H and O–H groups in total. The number of para-hydroxylation sites is 2. The number of hydrogen-bond acceptors (Lipinski definition) is 11. The number of fused-ring (bicyclic) bond motifs is 1. The summed E-state index contributed by atoms with van der Waals surface area (Å²) in [6, 6.07) is 10.4. The first-order valence-electron chi connectivity index (χ1n) is 25.0. The standard InChI is InChI=1S/C54H80N8O10/c1-32(2)25-40(56)50(65)60(11)44(28-35(7)8)48(63)58-42(27-34(5)6)52(67)61(12)45(29-38-31-62(43-21-16-15-20-39(38)43)30-37-19-14-17-22-46(37)71-13)49(64)57-41(26-33(3)4)51(66)59(10)36(9)54(70)72-47(53(68)69)23-18-24-55/h14-17,19-22,31-36,40-42,44-45,47H,18,23,25-30,56H2,1-13H3,(H,57,64)(H,58,63)(H,68,69)/t36-,40-,41-,42-,44-,45-,47+/m0/s1. The highest BCUT2D eigenvalue weighted by atomic mass is 16.6. The number of carboxylic acid groups (broad SMARTS) is 1. The number of esters is 1. The molecule has 0 unspecified atom stereocenters. The Labute approximate surface area is 425 Å². The van der Waals surface area contributed by atoms with Crippen molar-refractivity contribution in [3.8, 4) is 11.8 Å². The SMILES string of the molecule is COc1ccccc1Cn1cc(C[C@@H](C(=O)N[C@@H](CC(C)C)C(=O)N(C)[C@@H](C)C(=O)O[C@H](CCC#N)C(=O)O)N(C)C(=O)[C@H](CC(C)C)NC(=O)[C@H](CC(C)C)N(C)C(=O)[C@@H](N)CC(C)C)c2ccccc21. The van der Waals surface area contributed by atoms with E-state index in [1.54, 1.807) is 14.2 Å². The van der Waals surface area contributed by atoms with Crippen LogP contribution in [0.25, 0.3) is 10.9 Å². The molecule has 0 fully saturated rings. The van der Waals surface area contributed by atoms with Crippen molar-refractivity contribution in [1.29, 1.82) is 5.26 Å². The number of ether oxygens (including phenoxy) is 2. The Bertz CT molecular complexity index is 2370. The van der Waals surface area contributed by atoms with E-state index in [2.05, 4.69) is 10.6 Å². The molecule has 0 spiro atoms. The Balaban J connectivity index is 2.15. The number of aliphatic carboxylic acids is 1. The number of likely N-dealkylation sites (N-methyl/N-ethyl adjacent to an activating group) is 3. The lowest BCUT2D eigenvalue weighted by Crippen LogP contribution is -2.60. The highest BCUT2D eigenvalue weighted by Crippen LogP contribution is 2.28. The first kappa shape index (κ1) is 59.8. The number of nitriles is 1. The van der Waals surface area contributed by atoms with Crippen LogP contribution in [-0.2, 0) is 51.3 Å². The maximum atomic E-state index is 15.1. The number of carboxylic acids is 1. The molecule has 18 nitrogen and oxygen atoms in total. The van der Waals surface area contributed by atoms with Gasteiger partial charge in [0.05, 0.1) is 25.8 Å². The van der Waals surface area contributed by atoms with E-state index >= 15 is 9.59 Å². The van der Waals surface area contributed by atoms with Crippen LogP contribution in [0.15, 0.2) is 54.7 Å². The summed E-state index contributed by atoms with van der Waals surface area (Å²) in [6.45, 7) is 17.1. The maximum Gasteiger partial charge on any atom is 0.345 e. The fourth-order valence-corrected chi connectivity index (χ4v) is 8.74. The summed E-state index contributed by atoms with van der Waals surface area (Å²) in [5.74, 6) is -4.75. The van der Waals surface area contributed by atoms with Crippen molar-refractivity contribution in [3.05, 3.63) is 65.9 Å². The second kappa shape index (κ2) is 27.9. The van der Waals surface area contributed by atoms with Gasteiger partial charge < -0.3 is 50.2 Å². The van der Waals surface area contributed by atoms with Gasteiger partial charge in [0.2, 0.25) is 29.5 Å². The van der Waals surface area contributed by atoms with Gasteiger partial charge in [-0.3, -0.25) is 24.0 Å². The van der Waals surface area contributed by atoms with Crippen LogP contribution in [0.5, 0.6) is 5.75 Å². The topological polar surface area (TPSA) is 247 Å². The number of nitrogens with zero attached hydrogens (tertiary/aromatic N) is 5.